The molecule has 1 heterocycles. The molecule has 1 aromatic heterocycles. The Bertz CT molecular complexity index is 1120. The van der Waals surface area contributed by atoms with Crippen LogP contribution in [0.1, 0.15) is 84.4 Å². The Labute approximate surface area is 221 Å². The molecule has 0 bridgehead atoms. The van der Waals surface area contributed by atoms with Gasteiger partial charge in [-0.1, -0.05) is 32.4 Å². The first-order chi connectivity index (χ1) is 17.2. The third kappa shape index (κ3) is 3.93. The summed E-state index contributed by atoms with van der Waals surface area (Å²) in [6.07, 6.45) is 12.6. The second-order valence-electron chi connectivity index (χ2n) is 13.4. The second kappa shape index (κ2) is 9.20. The van der Waals surface area contributed by atoms with Crippen molar-refractivity contribution in [2.24, 2.45) is 46.3 Å². The molecule has 6 rings (SSSR count). The Morgan fingerprint density at radius 2 is 1.89 bits per heavy atom. The van der Waals surface area contributed by atoms with Crippen molar-refractivity contribution >= 4 is 22.5 Å². The molecule has 2 N–H and O–H groups in total. The predicted octanol–water partition coefficient (Wildman–Crippen LogP) is 6.84. The van der Waals surface area contributed by atoms with Crippen LogP contribution in [0.4, 0.5) is 0 Å². The van der Waals surface area contributed by atoms with E-state index in [4.69, 9.17) is 16.6 Å². The molecular weight excluding hydrogens is 468 g/mol. The Hall–Kier alpha value is -1.23. The summed E-state index contributed by atoms with van der Waals surface area (Å²) in [4.78, 5) is 9.43. The molecule has 5 heteroatoms. The van der Waals surface area contributed by atoms with E-state index in [0.717, 1.165) is 61.2 Å². The SMILES string of the molecule is C[C@H](CCc1ncc2cc(Cl)ccc2n1)[C@H]1CC[C@H]2[C@@H]3CC[C@@H]4C[C@H](O)CC[C@]4(C)C3C[C@H](O)[C@]12C. The summed E-state index contributed by atoms with van der Waals surface area (Å²) in [6.45, 7) is 7.34. The third-order valence-corrected chi connectivity index (χ3v) is 12.2. The maximum absolute atomic E-state index is 11.8. The molecule has 4 saturated carbocycles. The smallest absolute Gasteiger partial charge is 0.128 e. The Morgan fingerprint density at radius 3 is 2.72 bits per heavy atom. The maximum atomic E-state index is 11.8. The van der Waals surface area contributed by atoms with Crippen molar-refractivity contribution in [2.45, 2.75) is 97.2 Å². The zero-order valence-corrected chi connectivity index (χ0v) is 22.9. The number of rotatable bonds is 4. The minimum absolute atomic E-state index is 0.0128. The van der Waals surface area contributed by atoms with Gasteiger partial charge in [-0.2, -0.15) is 0 Å². The Balaban J connectivity index is 1.17. The average Bonchev–Trinajstić information content (AvgIpc) is 3.22. The summed E-state index contributed by atoms with van der Waals surface area (Å²) in [6, 6.07) is 5.79. The van der Waals surface area contributed by atoms with Crippen LogP contribution in [-0.2, 0) is 6.42 Å². The number of aliphatic hydroxyl groups excluding tert-OH is 2. The minimum Gasteiger partial charge on any atom is -0.393 e. The van der Waals surface area contributed by atoms with Crippen molar-refractivity contribution in [1.29, 1.82) is 0 Å². The average molecular weight is 511 g/mol. The van der Waals surface area contributed by atoms with Crippen molar-refractivity contribution in [3.05, 3.63) is 35.2 Å². The molecular formula is C31H43ClN2O2. The van der Waals surface area contributed by atoms with E-state index >= 15 is 0 Å². The fourth-order valence-corrected chi connectivity index (χ4v) is 10.1. The number of benzene rings is 1. The van der Waals surface area contributed by atoms with E-state index < -0.39 is 0 Å². The van der Waals surface area contributed by atoms with Crippen LogP contribution in [-0.4, -0.2) is 32.4 Å². The molecule has 1 unspecified atom stereocenters. The fraction of sp³-hybridized carbons (Fsp3) is 0.742. The molecule has 4 aliphatic carbocycles. The van der Waals surface area contributed by atoms with Gasteiger partial charge >= 0.3 is 0 Å². The summed E-state index contributed by atoms with van der Waals surface area (Å²) < 4.78 is 0. The first-order valence-electron chi connectivity index (χ1n) is 14.5. The highest BCUT2D eigenvalue weighted by Crippen LogP contribution is 2.68. The molecule has 36 heavy (non-hydrogen) atoms. The topological polar surface area (TPSA) is 66.2 Å². The summed E-state index contributed by atoms with van der Waals surface area (Å²) >= 11 is 6.12. The highest BCUT2D eigenvalue weighted by molar-refractivity contribution is 6.31. The molecule has 0 saturated heterocycles. The first kappa shape index (κ1) is 25.1. The van der Waals surface area contributed by atoms with Crippen molar-refractivity contribution in [3.63, 3.8) is 0 Å². The Morgan fingerprint density at radius 1 is 1.06 bits per heavy atom. The van der Waals surface area contributed by atoms with Crippen LogP contribution in [0.3, 0.4) is 0 Å². The number of hydrogen-bond acceptors (Lipinski definition) is 4. The van der Waals surface area contributed by atoms with Crippen molar-refractivity contribution in [1.82, 2.24) is 9.97 Å². The molecule has 10 atom stereocenters. The van der Waals surface area contributed by atoms with E-state index in [9.17, 15) is 10.2 Å². The van der Waals surface area contributed by atoms with E-state index in [1.807, 2.05) is 24.4 Å². The lowest BCUT2D eigenvalue weighted by Crippen LogP contribution is -2.58. The summed E-state index contributed by atoms with van der Waals surface area (Å²) in [5.74, 6) is 4.61. The standard InChI is InChI=1S/C31H43ClN2O2/c1-18(4-11-29-33-17-19-14-21(32)6-10-27(19)34-29)24-8-9-25-23-7-5-20-15-22(35)12-13-30(20,2)26(23)16-28(36)31(24,25)3/h6,10,14,17-18,20,22-26,28,35-36H,4-5,7-9,11-13,15-16H2,1-3H3/t18-,20-,22-,23+,24-,25+,26?,28+,30+,31-/m1/s1. The number of aryl methyl sites for hydroxylation is 1. The summed E-state index contributed by atoms with van der Waals surface area (Å²) in [5.41, 5.74) is 1.27. The molecule has 0 aliphatic heterocycles. The van der Waals surface area contributed by atoms with Gasteiger partial charge in [0.2, 0.25) is 0 Å². The molecule has 1 aromatic carbocycles. The zero-order valence-electron chi connectivity index (χ0n) is 22.2. The van der Waals surface area contributed by atoms with Gasteiger partial charge in [0.05, 0.1) is 17.7 Å². The molecule has 4 nitrogen and oxygen atoms in total. The number of fused-ring (bicyclic) bond motifs is 6. The van der Waals surface area contributed by atoms with Crippen LogP contribution < -0.4 is 0 Å². The van der Waals surface area contributed by atoms with Crippen LogP contribution in [0, 0.1) is 46.3 Å². The largest absolute Gasteiger partial charge is 0.393 e. The number of hydrogen-bond donors (Lipinski definition) is 2. The van der Waals surface area contributed by atoms with Gasteiger partial charge in [0.25, 0.3) is 0 Å². The Kier molecular flexibility index (Phi) is 6.41. The van der Waals surface area contributed by atoms with Gasteiger partial charge < -0.3 is 10.2 Å². The van der Waals surface area contributed by atoms with E-state index in [2.05, 4.69) is 25.8 Å². The van der Waals surface area contributed by atoms with Crippen LogP contribution in [0.15, 0.2) is 24.4 Å². The van der Waals surface area contributed by atoms with Gasteiger partial charge in [0, 0.05) is 23.0 Å². The molecule has 2 aromatic rings. The summed E-state index contributed by atoms with van der Waals surface area (Å²) in [5, 5.41) is 23.8. The zero-order chi connectivity index (χ0) is 25.2. The highest BCUT2D eigenvalue weighted by atomic mass is 35.5. The lowest BCUT2D eigenvalue weighted by Gasteiger charge is -2.62. The molecule has 0 amide bonds. The van der Waals surface area contributed by atoms with Gasteiger partial charge in [-0.05, 0) is 122 Å². The lowest BCUT2D eigenvalue weighted by molar-refractivity contribution is -0.174. The quantitative estimate of drug-likeness (QED) is 0.472. The maximum Gasteiger partial charge on any atom is 0.128 e. The van der Waals surface area contributed by atoms with E-state index in [1.165, 1.54) is 25.7 Å². The number of halogens is 1. The number of aromatic nitrogens is 2. The van der Waals surface area contributed by atoms with Crippen LogP contribution >= 0.6 is 11.6 Å². The molecule has 4 fully saturated rings. The van der Waals surface area contributed by atoms with Crippen molar-refractivity contribution in [2.75, 3.05) is 0 Å². The molecule has 4 aliphatic rings. The summed E-state index contributed by atoms with van der Waals surface area (Å²) in [7, 11) is 0. The highest BCUT2D eigenvalue weighted by Gasteiger charge is 2.63. The predicted molar refractivity (Wildman–Crippen MR) is 145 cm³/mol. The van der Waals surface area contributed by atoms with E-state index in [-0.39, 0.29) is 17.6 Å². The van der Waals surface area contributed by atoms with Crippen LogP contribution in [0.25, 0.3) is 10.9 Å². The van der Waals surface area contributed by atoms with Crippen LogP contribution in [0.2, 0.25) is 5.02 Å². The third-order valence-electron chi connectivity index (χ3n) is 11.9. The van der Waals surface area contributed by atoms with Crippen molar-refractivity contribution in [3.8, 4) is 0 Å². The second-order valence-corrected chi connectivity index (χ2v) is 13.8. The van der Waals surface area contributed by atoms with Gasteiger partial charge in [-0.25, -0.2) is 9.97 Å². The fourth-order valence-electron chi connectivity index (χ4n) is 9.88. The molecule has 196 valence electrons. The first-order valence-corrected chi connectivity index (χ1v) is 14.8. The number of nitrogens with zero attached hydrogens (tertiary/aromatic N) is 2. The normalized spacial score (nSPS) is 43.0. The molecule has 0 spiro atoms. The number of aliphatic hydroxyl groups is 2. The lowest BCUT2D eigenvalue weighted by atomic mass is 9.43. The van der Waals surface area contributed by atoms with E-state index in [0.29, 0.717) is 40.0 Å². The van der Waals surface area contributed by atoms with Gasteiger partial charge in [-0.3, -0.25) is 0 Å². The van der Waals surface area contributed by atoms with Crippen molar-refractivity contribution < 1.29 is 10.2 Å². The van der Waals surface area contributed by atoms with Gasteiger partial charge in [0.1, 0.15) is 5.82 Å². The van der Waals surface area contributed by atoms with E-state index in [1.54, 1.807) is 0 Å². The minimum atomic E-state index is -0.220. The van der Waals surface area contributed by atoms with Crippen LogP contribution in [0.5, 0.6) is 0 Å². The van der Waals surface area contributed by atoms with Gasteiger partial charge in [-0.15, -0.1) is 0 Å². The van der Waals surface area contributed by atoms with Gasteiger partial charge in [0.15, 0.2) is 0 Å². The molecule has 0 radical (unpaired) electrons. The monoisotopic (exact) mass is 510 g/mol.